The molecule has 0 fully saturated rings. The van der Waals surface area contributed by atoms with Gasteiger partial charge in [0.15, 0.2) is 17.8 Å². The molecule has 1 aromatic carbocycles. The van der Waals surface area contributed by atoms with E-state index in [-0.39, 0.29) is 12.0 Å². The molecule has 0 amide bonds. The van der Waals surface area contributed by atoms with Crippen LogP contribution >= 0.6 is 0 Å². The number of aromatic hydroxyl groups is 1. The number of hydrogen-bond acceptors (Lipinski definition) is 4. The quantitative estimate of drug-likeness (QED) is 0.758. The normalized spacial score (nSPS) is 11.3. The van der Waals surface area contributed by atoms with Crippen molar-refractivity contribution in [1.82, 2.24) is 0 Å². The van der Waals surface area contributed by atoms with Crippen LogP contribution in [-0.2, 0) is 9.47 Å². The molecule has 0 saturated heterocycles. The Labute approximate surface area is 108 Å². The van der Waals surface area contributed by atoms with Gasteiger partial charge in [0.25, 0.3) is 0 Å². The predicted octanol–water partition coefficient (Wildman–Crippen LogP) is 2.81. The minimum Gasteiger partial charge on any atom is -0.504 e. The molecule has 1 aromatic rings. The standard InChI is InChI=1S/C14H20O4/c1-4-17-14(18-5-2)9-7-11-6-8-12(15)13(10-11)16-3/h6-10,14-15H,4-5H2,1-3H3. The van der Waals surface area contributed by atoms with Crippen LogP contribution in [0.15, 0.2) is 24.3 Å². The van der Waals surface area contributed by atoms with Gasteiger partial charge in [-0.3, -0.25) is 0 Å². The van der Waals surface area contributed by atoms with Gasteiger partial charge >= 0.3 is 0 Å². The van der Waals surface area contributed by atoms with Crippen molar-refractivity contribution >= 4 is 6.08 Å². The van der Waals surface area contributed by atoms with E-state index in [0.717, 1.165) is 5.56 Å². The van der Waals surface area contributed by atoms with Gasteiger partial charge in [0, 0.05) is 13.2 Å². The first-order valence-corrected chi connectivity index (χ1v) is 5.99. The van der Waals surface area contributed by atoms with Crippen molar-refractivity contribution in [3.05, 3.63) is 29.8 Å². The molecule has 0 aliphatic heterocycles. The van der Waals surface area contributed by atoms with E-state index in [1.165, 1.54) is 7.11 Å². The predicted molar refractivity (Wildman–Crippen MR) is 70.7 cm³/mol. The summed E-state index contributed by atoms with van der Waals surface area (Å²) >= 11 is 0. The van der Waals surface area contributed by atoms with Gasteiger partial charge in [-0.05, 0) is 37.6 Å². The van der Waals surface area contributed by atoms with Crippen molar-refractivity contribution in [3.8, 4) is 11.5 Å². The largest absolute Gasteiger partial charge is 0.504 e. The molecule has 0 saturated carbocycles. The van der Waals surface area contributed by atoms with Crippen molar-refractivity contribution in [2.45, 2.75) is 20.1 Å². The van der Waals surface area contributed by atoms with Gasteiger partial charge in [-0.15, -0.1) is 0 Å². The minimum absolute atomic E-state index is 0.126. The van der Waals surface area contributed by atoms with Gasteiger partial charge in [-0.1, -0.05) is 12.1 Å². The fourth-order valence-electron chi connectivity index (χ4n) is 1.48. The molecule has 0 radical (unpaired) electrons. The van der Waals surface area contributed by atoms with E-state index >= 15 is 0 Å². The lowest BCUT2D eigenvalue weighted by Gasteiger charge is -2.12. The lowest BCUT2D eigenvalue weighted by atomic mass is 10.2. The van der Waals surface area contributed by atoms with Crippen LogP contribution < -0.4 is 4.74 Å². The minimum atomic E-state index is -0.347. The zero-order valence-corrected chi connectivity index (χ0v) is 11.1. The number of methoxy groups -OCH3 is 1. The Kier molecular flexibility index (Phi) is 6.25. The van der Waals surface area contributed by atoms with Crippen LogP contribution in [0.2, 0.25) is 0 Å². The summed E-state index contributed by atoms with van der Waals surface area (Å²) in [4.78, 5) is 0. The van der Waals surface area contributed by atoms with Crippen LogP contribution in [-0.4, -0.2) is 31.7 Å². The maximum absolute atomic E-state index is 9.48. The maximum Gasteiger partial charge on any atom is 0.177 e. The molecule has 0 atom stereocenters. The summed E-state index contributed by atoms with van der Waals surface area (Å²) in [5.41, 5.74) is 0.911. The number of ether oxygens (including phenoxy) is 3. The number of phenols is 1. The smallest absolute Gasteiger partial charge is 0.177 e. The highest BCUT2D eigenvalue weighted by atomic mass is 16.7. The third kappa shape index (κ3) is 4.39. The highest BCUT2D eigenvalue weighted by molar-refractivity contribution is 5.55. The molecule has 4 heteroatoms. The molecule has 1 rings (SSSR count). The van der Waals surface area contributed by atoms with E-state index in [9.17, 15) is 5.11 Å². The van der Waals surface area contributed by atoms with Crippen LogP contribution in [0.4, 0.5) is 0 Å². The number of rotatable bonds is 7. The second-order valence-electron chi connectivity index (χ2n) is 3.57. The first kappa shape index (κ1) is 14.5. The molecule has 0 heterocycles. The summed E-state index contributed by atoms with van der Waals surface area (Å²) in [6, 6.07) is 5.14. The van der Waals surface area contributed by atoms with Gasteiger partial charge in [-0.25, -0.2) is 0 Å². The molecule has 0 aliphatic rings. The topological polar surface area (TPSA) is 47.9 Å². The average Bonchev–Trinajstić information content (AvgIpc) is 2.38. The molecule has 0 bridgehead atoms. The molecule has 0 spiro atoms. The molecule has 0 unspecified atom stereocenters. The fraction of sp³-hybridized carbons (Fsp3) is 0.429. The van der Waals surface area contributed by atoms with E-state index in [4.69, 9.17) is 14.2 Å². The molecule has 18 heavy (non-hydrogen) atoms. The first-order chi connectivity index (χ1) is 8.71. The summed E-state index contributed by atoms with van der Waals surface area (Å²) in [5, 5.41) is 9.48. The van der Waals surface area contributed by atoms with Crippen molar-refractivity contribution in [2.24, 2.45) is 0 Å². The molecule has 4 nitrogen and oxygen atoms in total. The lowest BCUT2D eigenvalue weighted by Crippen LogP contribution is -2.13. The van der Waals surface area contributed by atoms with E-state index in [1.54, 1.807) is 18.2 Å². The first-order valence-electron chi connectivity index (χ1n) is 5.99. The van der Waals surface area contributed by atoms with Crippen molar-refractivity contribution < 1.29 is 19.3 Å². The fourth-order valence-corrected chi connectivity index (χ4v) is 1.48. The van der Waals surface area contributed by atoms with Gasteiger partial charge in [0.2, 0.25) is 0 Å². The second kappa shape index (κ2) is 7.74. The summed E-state index contributed by atoms with van der Waals surface area (Å²) in [6.45, 7) is 5.02. The van der Waals surface area contributed by atoms with Crippen molar-refractivity contribution in [2.75, 3.05) is 20.3 Å². The van der Waals surface area contributed by atoms with Crippen LogP contribution in [0.25, 0.3) is 6.08 Å². The van der Waals surface area contributed by atoms with Crippen molar-refractivity contribution in [1.29, 1.82) is 0 Å². The average molecular weight is 252 g/mol. The molecule has 1 N–H and O–H groups in total. The van der Waals surface area contributed by atoms with Gasteiger partial charge in [-0.2, -0.15) is 0 Å². The Bertz CT molecular complexity index is 381. The van der Waals surface area contributed by atoms with Gasteiger partial charge < -0.3 is 19.3 Å². The molecule has 0 aliphatic carbocycles. The summed E-state index contributed by atoms with van der Waals surface area (Å²) in [6.07, 6.45) is 3.36. The Morgan fingerprint density at radius 3 is 2.44 bits per heavy atom. The molecule has 0 aromatic heterocycles. The number of benzene rings is 1. The van der Waals surface area contributed by atoms with Crippen LogP contribution in [0, 0.1) is 0 Å². The highest BCUT2D eigenvalue weighted by Gasteiger charge is 2.03. The summed E-state index contributed by atoms with van der Waals surface area (Å²) in [7, 11) is 1.52. The third-order valence-electron chi connectivity index (χ3n) is 2.31. The van der Waals surface area contributed by atoms with E-state index in [2.05, 4.69) is 0 Å². The Morgan fingerprint density at radius 1 is 1.22 bits per heavy atom. The SMILES string of the molecule is CCOC(C=Cc1ccc(O)c(OC)c1)OCC. The lowest BCUT2D eigenvalue weighted by molar-refractivity contribution is -0.103. The number of hydrogen-bond donors (Lipinski definition) is 1. The summed E-state index contributed by atoms with van der Waals surface area (Å²) < 4.78 is 15.8. The van der Waals surface area contributed by atoms with E-state index in [0.29, 0.717) is 19.0 Å². The van der Waals surface area contributed by atoms with Gasteiger partial charge in [0.1, 0.15) is 0 Å². The zero-order valence-electron chi connectivity index (χ0n) is 11.1. The molecular formula is C14H20O4. The Hall–Kier alpha value is -1.52. The van der Waals surface area contributed by atoms with E-state index in [1.807, 2.05) is 26.0 Å². The van der Waals surface area contributed by atoms with Crippen LogP contribution in [0.5, 0.6) is 11.5 Å². The highest BCUT2D eigenvalue weighted by Crippen LogP contribution is 2.26. The second-order valence-corrected chi connectivity index (χ2v) is 3.57. The Balaban J connectivity index is 2.75. The maximum atomic E-state index is 9.48. The van der Waals surface area contributed by atoms with Crippen LogP contribution in [0.3, 0.4) is 0 Å². The molecular weight excluding hydrogens is 232 g/mol. The van der Waals surface area contributed by atoms with E-state index < -0.39 is 0 Å². The van der Waals surface area contributed by atoms with Crippen molar-refractivity contribution in [3.63, 3.8) is 0 Å². The molecule has 100 valence electrons. The zero-order chi connectivity index (χ0) is 13.4. The Morgan fingerprint density at radius 2 is 1.89 bits per heavy atom. The number of phenolic OH excluding ortho intramolecular Hbond substituents is 1. The van der Waals surface area contributed by atoms with Crippen LogP contribution in [0.1, 0.15) is 19.4 Å². The summed E-state index contributed by atoms with van der Waals surface area (Å²) in [5.74, 6) is 0.572. The third-order valence-corrected chi connectivity index (χ3v) is 2.31. The van der Waals surface area contributed by atoms with Gasteiger partial charge in [0.05, 0.1) is 7.11 Å². The monoisotopic (exact) mass is 252 g/mol.